The van der Waals surface area contributed by atoms with Gasteiger partial charge in [0.15, 0.2) is 0 Å². The first-order valence-corrected chi connectivity index (χ1v) is 6.97. The number of nitrogens with zero attached hydrogens (tertiary/aromatic N) is 1. The molecule has 2 N–H and O–H groups in total. The Bertz CT molecular complexity index is 703. The molecule has 0 heterocycles. The second kappa shape index (κ2) is 7.79. The van der Waals surface area contributed by atoms with Crippen molar-refractivity contribution >= 4 is 17.3 Å². The number of non-ortho nitro benzene ring substituents is 1. The molecule has 0 aliphatic carbocycles. The molecule has 2 rings (SSSR count). The number of para-hydroxylation sites is 1. The van der Waals surface area contributed by atoms with Crippen LogP contribution >= 0.6 is 0 Å². The minimum Gasteiger partial charge on any atom is -0.496 e. The molecule has 0 aliphatic rings. The Kier molecular flexibility index (Phi) is 5.51. The van der Waals surface area contributed by atoms with Crippen LogP contribution in [0.4, 0.5) is 11.4 Å². The van der Waals surface area contributed by atoms with Gasteiger partial charge in [0, 0.05) is 29.9 Å². The van der Waals surface area contributed by atoms with Gasteiger partial charge in [0.2, 0.25) is 5.91 Å². The van der Waals surface area contributed by atoms with Gasteiger partial charge in [-0.1, -0.05) is 24.3 Å². The molecule has 0 radical (unpaired) electrons. The van der Waals surface area contributed by atoms with Gasteiger partial charge in [0.25, 0.3) is 5.69 Å². The Morgan fingerprint density at radius 1 is 1.22 bits per heavy atom. The number of anilines is 1. The van der Waals surface area contributed by atoms with Crippen molar-refractivity contribution in [2.75, 3.05) is 19.0 Å². The van der Waals surface area contributed by atoms with Gasteiger partial charge in [0.05, 0.1) is 18.6 Å². The second-order valence-electron chi connectivity index (χ2n) is 4.75. The number of nitrogens with one attached hydrogen (secondary N) is 2. The average Bonchev–Trinajstić information content (AvgIpc) is 2.58. The van der Waals surface area contributed by atoms with Crippen molar-refractivity contribution in [1.29, 1.82) is 0 Å². The van der Waals surface area contributed by atoms with Crippen LogP contribution in [-0.4, -0.2) is 24.5 Å². The topological polar surface area (TPSA) is 93.5 Å². The van der Waals surface area contributed by atoms with Crippen molar-refractivity contribution in [2.24, 2.45) is 0 Å². The lowest BCUT2D eigenvalue weighted by atomic mass is 10.2. The number of nitro benzene ring substituents is 1. The van der Waals surface area contributed by atoms with E-state index in [0.29, 0.717) is 18.0 Å². The lowest BCUT2D eigenvalue weighted by Crippen LogP contribution is -2.29. The maximum atomic E-state index is 11.9. The van der Waals surface area contributed by atoms with E-state index in [0.717, 1.165) is 5.56 Å². The Labute approximate surface area is 133 Å². The molecule has 0 aromatic heterocycles. The highest BCUT2D eigenvalue weighted by Crippen LogP contribution is 2.17. The normalized spacial score (nSPS) is 9.96. The molecule has 0 aliphatic heterocycles. The van der Waals surface area contributed by atoms with Crippen molar-refractivity contribution in [1.82, 2.24) is 5.32 Å². The summed E-state index contributed by atoms with van der Waals surface area (Å²) in [7, 11) is 1.57. The summed E-state index contributed by atoms with van der Waals surface area (Å²) in [5.41, 5.74) is 1.37. The smallest absolute Gasteiger partial charge is 0.271 e. The highest BCUT2D eigenvalue weighted by molar-refractivity contribution is 5.80. The molecule has 0 unspecified atom stereocenters. The fourth-order valence-corrected chi connectivity index (χ4v) is 2.02. The summed E-state index contributed by atoms with van der Waals surface area (Å²) < 4.78 is 5.21. The van der Waals surface area contributed by atoms with Crippen molar-refractivity contribution in [3.8, 4) is 5.75 Å². The first-order valence-electron chi connectivity index (χ1n) is 6.97. The van der Waals surface area contributed by atoms with Crippen LogP contribution in [0.2, 0.25) is 0 Å². The number of hydrogen-bond acceptors (Lipinski definition) is 5. The number of methoxy groups -OCH3 is 1. The average molecular weight is 315 g/mol. The van der Waals surface area contributed by atoms with Gasteiger partial charge in [0.1, 0.15) is 5.75 Å². The van der Waals surface area contributed by atoms with E-state index in [2.05, 4.69) is 10.6 Å². The van der Waals surface area contributed by atoms with Gasteiger partial charge in [-0.2, -0.15) is 0 Å². The predicted octanol–water partition coefficient (Wildman–Crippen LogP) is 2.33. The molecule has 0 bridgehead atoms. The van der Waals surface area contributed by atoms with Crippen LogP contribution in [0.25, 0.3) is 0 Å². The van der Waals surface area contributed by atoms with Crippen LogP contribution in [0.1, 0.15) is 5.56 Å². The molecule has 0 fully saturated rings. The summed E-state index contributed by atoms with van der Waals surface area (Å²) >= 11 is 0. The van der Waals surface area contributed by atoms with Crippen LogP contribution in [0.5, 0.6) is 5.75 Å². The summed E-state index contributed by atoms with van der Waals surface area (Å²) in [6.45, 7) is 0.371. The number of hydrogen-bond donors (Lipinski definition) is 2. The Morgan fingerprint density at radius 2 is 2.00 bits per heavy atom. The van der Waals surface area contributed by atoms with Crippen LogP contribution in [0, 0.1) is 10.1 Å². The molecular formula is C16H17N3O4. The SMILES string of the molecule is COc1ccccc1CNC(=O)CNc1cccc([N+](=O)[O-])c1. The minimum atomic E-state index is -0.479. The van der Waals surface area contributed by atoms with E-state index < -0.39 is 4.92 Å². The van der Waals surface area contributed by atoms with Gasteiger partial charge in [-0.3, -0.25) is 14.9 Å². The molecule has 0 saturated heterocycles. The maximum absolute atomic E-state index is 11.9. The molecule has 120 valence electrons. The first-order chi connectivity index (χ1) is 11.1. The van der Waals surface area contributed by atoms with Crippen molar-refractivity contribution in [2.45, 2.75) is 6.54 Å². The van der Waals surface area contributed by atoms with Crippen molar-refractivity contribution in [3.63, 3.8) is 0 Å². The van der Waals surface area contributed by atoms with Crippen molar-refractivity contribution in [3.05, 3.63) is 64.2 Å². The Hall–Kier alpha value is -3.09. The van der Waals surface area contributed by atoms with Gasteiger partial charge < -0.3 is 15.4 Å². The van der Waals surface area contributed by atoms with Crippen LogP contribution in [0.3, 0.4) is 0 Å². The number of nitro groups is 1. The van der Waals surface area contributed by atoms with E-state index in [1.165, 1.54) is 12.1 Å². The van der Waals surface area contributed by atoms with Gasteiger partial charge in [-0.25, -0.2) is 0 Å². The zero-order valence-corrected chi connectivity index (χ0v) is 12.6. The van der Waals surface area contributed by atoms with E-state index in [-0.39, 0.29) is 18.1 Å². The number of carbonyl (C=O) groups is 1. The van der Waals surface area contributed by atoms with E-state index in [9.17, 15) is 14.9 Å². The maximum Gasteiger partial charge on any atom is 0.271 e. The van der Waals surface area contributed by atoms with Gasteiger partial charge >= 0.3 is 0 Å². The van der Waals surface area contributed by atoms with Crippen LogP contribution in [0.15, 0.2) is 48.5 Å². The molecule has 0 atom stereocenters. The highest BCUT2D eigenvalue weighted by atomic mass is 16.6. The van der Waals surface area contributed by atoms with Gasteiger partial charge in [-0.15, -0.1) is 0 Å². The highest BCUT2D eigenvalue weighted by Gasteiger charge is 2.07. The molecule has 2 aromatic carbocycles. The molecule has 2 aromatic rings. The standard InChI is InChI=1S/C16H17N3O4/c1-23-15-8-3-2-5-12(15)10-18-16(20)11-17-13-6-4-7-14(9-13)19(21)22/h2-9,17H,10-11H2,1H3,(H,18,20). The minimum absolute atomic E-state index is 0.0237. The number of benzene rings is 2. The third-order valence-electron chi connectivity index (χ3n) is 3.18. The predicted molar refractivity (Wildman–Crippen MR) is 86.4 cm³/mol. The number of ether oxygens (including phenoxy) is 1. The lowest BCUT2D eigenvalue weighted by Gasteiger charge is -2.10. The van der Waals surface area contributed by atoms with E-state index in [1.54, 1.807) is 19.2 Å². The summed E-state index contributed by atoms with van der Waals surface area (Å²) in [4.78, 5) is 22.1. The zero-order chi connectivity index (χ0) is 16.7. The summed E-state index contributed by atoms with van der Waals surface area (Å²) in [6, 6.07) is 13.4. The molecule has 23 heavy (non-hydrogen) atoms. The monoisotopic (exact) mass is 315 g/mol. The quantitative estimate of drug-likeness (QED) is 0.604. The fraction of sp³-hybridized carbons (Fsp3) is 0.188. The summed E-state index contributed by atoms with van der Waals surface area (Å²) in [6.07, 6.45) is 0. The van der Waals surface area contributed by atoms with Crippen LogP contribution in [-0.2, 0) is 11.3 Å². The van der Waals surface area contributed by atoms with E-state index in [1.807, 2.05) is 24.3 Å². The molecule has 0 spiro atoms. The molecular weight excluding hydrogens is 298 g/mol. The second-order valence-corrected chi connectivity index (χ2v) is 4.75. The number of amides is 1. The fourth-order valence-electron chi connectivity index (χ4n) is 2.02. The van der Waals surface area contributed by atoms with E-state index >= 15 is 0 Å². The Morgan fingerprint density at radius 3 is 2.74 bits per heavy atom. The van der Waals surface area contributed by atoms with Crippen molar-refractivity contribution < 1.29 is 14.5 Å². The summed E-state index contributed by atoms with van der Waals surface area (Å²) in [5, 5.41) is 16.3. The van der Waals surface area contributed by atoms with E-state index in [4.69, 9.17) is 4.74 Å². The van der Waals surface area contributed by atoms with Crippen LogP contribution < -0.4 is 15.4 Å². The zero-order valence-electron chi connectivity index (χ0n) is 12.6. The lowest BCUT2D eigenvalue weighted by molar-refractivity contribution is -0.384. The molecule has 1 amide bonds. The first kappa shape index (κ1) is 16.3. The third kappa shape index (κ3) is 4.70. The Balaban J connectivity index is 1.86. The number of carbonyl (C=O) groups excluding carboxylic acids is 1. The molecule has 7 heteroatoms. The molecule has 7 nitrogen and oxygen atoms in total. The molecule has 0 saturated carbocycles. The third-order valence-corrected chi connectivity index (χ3v) is 3.18. The summed E-state index contributed by atoms with van der Waals surface area (Å²) in [5.74, 6) is 0.488. The van der Waals surface area contributed by atoms with Gasteiger partial charge in [-0.05, 0) is 12.1 Å². The largest absolute Gasteiger partial charge is 0.496 e. The number of rotatable bonds is 7.